The van der Waals surface area contributed by atoms with Gasteiger partial charge in [0.2, 0.25) is 0 Å². The van der Waals surface area contributed by atoms with E-state index in [9.17, 15) is 4.79 Å². The first kappa shape index (κ1) is 15.5. The Bertz CT molecular complexity index is 469. The van der Waals surface area contributed by atoms with Gasteiger partial charge in [0, 0.05) is 17.5 Å². The quantitative estimate of drug-likeness (QED) is 0.810. The molecule has 0 aliphatic carbocycles. The van der Waals surface area contributed by atoms with Crippen molar-refractivity contribution in [2.75, 3.05) is 18.9 Å². The Balaban J connectivity index is 3.00. The molecule has 19 heavy (non-hydrogen) atoms. The Labute approximate surface area is 118 Å². The molecule has 1 aromatic rings. The molecule has 0 saturated heterocycles. The van der Waals surface area contributed by atoms with E-state index in [0.29, 0.717) is 17.9 Å². The number of hydrogen-bond donors (Lipinski definition) is 1. The van der Waals surface area contributed by atoms with Crippen LogP contribution in [-0.4, -0.2) is 40.9 Å². The molecule has 1 amide bonds. The van der Waals surface area contributed by atoms with E-state index in [2.05, 4.69) is 6.07 Å². The number of hydrogen-bond acceptors (Lipinski definition) is 4. The van der Waals surface area contributed by atoms with Gasteiger partial charge in [-0.3, -0.25) is 4.79 Å². The molecule has 0 aliphatic heterocycles. The van der Waals surface area contributed by atoms with Crippen LogP contribution in [0.25, 0.3) is 0 Å². The summed E-state index contributed by atoms with van der Waals surface area (Å²) in [5.41, 5.74) is 0.588. The second-order valence-corrected chi connectivity index (χ2v) is 5.28. The predicted molar refractivity (Wildman–Crippen MR) is 76.0 cm³/mol. The molecule has 0 atom stereocenters. The number of thioether (sulfide) groups is 1. The van der Waals surface area contributed by atoms with Crippen LogP contribution >= 0.6 is 11.8 Å². The molecule has 1 aromatic carbocycles. The summed E-state index contributed by atoms with van der Waals surface area (Å²) in [7, 11) is 0. The average Bonchev–Trinajstić information content (AvgIpc) is 2.41. The van der Waals surface area contributed by atoms with Crippen LogP contribution in [0.15, 0.2) is 29.2 Å². The van der Waals surface area contributed by atoms with Gasteiger partial charge in [-0.2, -0.15) is 5.26 Å². The van der Waals surface area contributed by atoms with Crippen molar-refractivity contribution >= 4 is 17.7 Å². The summed E-state index contributed by atoms with van der Waals surface area (Å²) in [6.07, 6.45) is 0. The minimum absolute atomic E-state index is 0.0219. The first-order valence-electron chi connectivity index (χ1n) is 6.12. The summed E-state index contributed by atoms with van der Waals surface area (Å²) in [5, 5.41) is 17.7. The molecule has 0 aromatic heterocycles. The highest BCUT2D eigenvalue weighted by Crippen LogP contribution is 2.24. The zero-order chi connectivity index (χ0) is 14.3. The molecule has 0 spiro atoms. The highest BCUT2D eigenvalue weighted by molar-refractivity contribution is 7.99. The van der Waals surface area contributed by atoms with Crippen LogP contribution in [0.2, 0.25) is 0 Å². The number of benzene rings is 1. The second kappa shape index (κ2) is 7.82. The van der Waals surface area contributed by atoms with Crippen LogP contribution < -0.4 is 0 Å². The standard InChI is InChI=1S/C14H18N2O2S/c1-11(2)16(8-9-17)14(18)12-5-3-4-6-13(12)19-10-7-15/h3-6,11,17H,8-10H2,1-2H3. The number of amides is 1. The maximum absolute atomic E-state index is 12.5. The van der Waals surface area contributed by atoms with Crippen molar-refractivity contribution in [3.63, 3.8) is 0 Å². The molecule has 4 nitrogen and oxygen atoms in total. The fourth-order valence-corrected chi connectivity index (χ4v) is 2.44. The fourth-order valence-electron chi connectivity index (χ4n) is 1.74. The molecule has 0 fully saturated rings. The first-order valence-corrected chi connectivity index (χ1v) is 7.11. The normalized spacial score (nSPS) is 10.3. The number of carbonyl (C=O) groups is 1. The molecule has 1 rings (SSSR count). The molecule has 1 N–H and O–H groups in total. The molecular formula is C14H18N2O2S. The lowest BCUT2D eigenvalue weighted by molar-refractivity contribution is 0.0662. The fraction of sp³-hybridized carbons (Fsp3) is 0.429. The molecule has 5 heteroatoms. The van der Waals surface area contributed by atoms with Crippen LogP contribution in [0, 0.1) is 11.3 Å². The lowest BCUT2D eigenvalue weighted by Crippen LogP contribution is -2.39. The summed E-state index contributed by atoms with van der Waals surface area (Å²) in [4.78, 5) is 14.9. The summed E-state index contributed by atoms with van der Waals surface area (Å²) in [5.74, 6) is 0.205. The third kappa shape index (κ3) is 4.27. The van der Waals surface area contributed by atoms with Gasteiger partial charge in [-0.05, 0) is 26.0 Å². The van der Waals surface area contributed by atoms with Crippen molar-refractivity contribution in [2.24, 2.45) is 0 Å². The highest BCUT2D eigenvalue weighted by atomic mass is 32.2. The van der Waals surface area contributed by atoms with E-state index >= 15 is 0 Å². The SMILES string of the molecule is CC(C)N(CCO)C(=O)c1ccccc1SCC#N. The number of carbonyl (C=O) groups excluding carboxylic acids is 1. The van der Waals surface area contributed by atoms with Crippen molar-refractivity contribution in [3.8, 4) is 6.07 Å². The van der Waals surface area contributed by atoms with Crippen molar-refractivity contribution in [3.05, 3.63) is 29.8 Å². The minimum Gasteiger partial charge on any atom is -0.395 e. The van der Waals surface area contributed by atoms with E-state index in [1.807, 2.05) is 26.0 Å². The van der Waals surface area contributed by atoms with Crippen molar-refractivity contribution in [2.45, 2.75) is 24.8 Å². The molecule has 0 bridgehead atoms. The third-order valence-corrected chi connectivity index (χ3v) is 3.58. The molecule has 0 unspecified atom stereocenters. The lowest BCUT2D eigenvalue weighted by Gasteiger charge is -2.26. The van der Waals surface area contributed by atoms with Gasteiger partial charge in [-0.15, -0.1) is 11.8 Å². The zero-order valence-electron chi connectivity index (χ0n) is 11.2. The van der Waals surface area contributed by atoms with Crippen molar-refractivity contribution in [1.82, 2.24) is 4.90 Å². The van der Waals surface area contributed by atoms with Gasteiger partial charge in [0.25, 0.3) is 5.91 Å². The summed E-state index contributed by atoms with van der Waals surface area (Å²) in [6.45, 7) is 4.09. The van der Waals surface area contributed by atoms with Gasteiger partial charge < -0.3 is 10.0 Å². The predicted octanol–water partition coefficient (Wildman–Crippen LogP) is 2.15. The van der Waals surface area contributed by atoms with E-state index in [4.69, 9.17) is 10.4 Å². The molecule has 0 heterocycles. The highest BCUT2D eigenvalue weighted by Gasteiger charge is 2.20. The Hall–Kier alpha value is -1.51. The van der Waals surface area contributed by atoms with Crippen LogP contribution in [0.3, 0.4) is 0 Å². The zero-order valence-corrected chi connectivity index (χ0v) is 12.0. The van der Waals surface area contributed by atoms with Gasteiger partial charge >= 0.3 is 0 Å². The van der Waals surface area contributed by atoms with Crippen LogP contribution in [0.4, 0.5) is 0 Å². The molecular weight excluding hydrogens is 260 g/mol. The lowest BCUT2D eigenvalue weighted by atomic mass is 10.1. The second-order valence-electron chi connectivity index (χ2n) is 4.26. The van der Waals surface area contributed by atoms with Gasteiger partial charge in [-0.25, -0.2) is 0 Å². The molecule has 0 saturated carbocycles. The van der Waals surface area contributed by atoms with Gasteiger partial charge in [0.05, 0.1) is 24.0 Å². The first-order chi connectivity index (χ1) is 9.11. The maximum atomic E-state index is 12.5. The van der Waals surface area contributed by atoms with Crippen LogP contribution in [0.1, 0.15) is 24.2 Å². The Morgan fingerprint density at radius 3 is 2.74 bits per heavy atom. The summed E-state index contributed by atoms with van der Waals surface area (Å²) < 4.78 is 0. The van der Waals surface area contributed by atoms with Gasteiger partial charge in [-0.1, -0.05) is 12.1 Å². The minimum atomic E-state index is -0.106. The molecule has 0 radical (unpaired) electrons. The van der Waals surface area contributed by atoms with Crippen LogP contribution in [0.5, 0.6) is 0 Å². The summed E-state index contributed by atoms with van der Waals surface area (Å²) >= 11 is 1.35. The van der Waals surface area contributed by atoms with E-state index in [1.54, 1.807) is 17.0 Å². The average molecular weight is 278 g/mol. The Morgan fingerprint density at radius 1 is 1.47 bits per heavy atom. The Kier molecular flexibility index (Phi) is 6.40. The molecule has 0 aliphatic rings. The smallest absolute Gasteiger partial charge is 0.255 e. The number of aliphatic hydroxyl groups is 1. The number of rotatable bonds is 6. The number of aliphatic hydroxyl groups excluding tert-OH is 1. The van der Waals surface area contributed by atoms with E-state index in [1.165, 1.54) is 11.8 Å². The third-order valence-electron chi connectivity index (χ3n) is 2.63. The Morgan fingerprint density at radius 2 is 2.16 bits per heavy atom. The summed E-state index contributed by atoms with van der Waals surface area (Å²) in [6, 6.07) is 9.33. The van der Waals surface area contributed by atoms with E-state index in [-0.39, 0.29) is 18.6 Å². The van der Waals surface area contributed by atoms with Gasteiger partial charge in [0.1, 0.15) is 0 Å². The monoisotopic (exact) mass is 278 g/mol. The number of nitriles is 1. The molecule has 102 valence electrons. The van der Waals surface area contributed by atoms with Crippen molar-refractivity contribution < 1.29 is 9.90 Å². The maximum Gasteiger partial charge on any atom is 0.255 e. The van der Waals surface area contributed by atoms with E-state index < -0.39 is 0 Å². The largest absolute Gasteiger partial charge is 0.395 e. The van der Waals surface area contributed by atoms with Gasteiger partial charge in [0.15, 0.2) is 0 Å². The number of nitrogens with zero attached hydrogens (tertiary/aromatic N) is 2. The van der Waals surface area contributed by atoms with Crippen LogP contribution in [-0.2, 0) is 0 Å². The van der Waals surface area contributed by atoms with E-state index in [0.717, 1.165) is 4.90 Å². The van der Waals surface area contributed by atoms with Crippen molar-refractivity contribution in [1.29, 1.82) is 5.26 Å². The topological polar surface area (TPSA) is 64.3 Å².